The van der Waals surface area contributed by atoms with E-state index in [9.17, 15) is 21.4 Å². The summed E-state index contributed by atoms with van der Waals surface area (Å²) in [4.78, 5) is 1.74. The van der Waals surface area contributed by atoms with Gasteiger partial charge in [-0.05, 0) is 74.6 Å². The molecule has 1 aliphatic rings. The Morgan fingerprint density at radius 1 is 1.00 bits per heavy atom. The Bertz CT molecular complexity index is 1690. The molecule has 1 aromatic heterocycles. The molecule has 1 aliphatic heterocycles. The van der Waals surface area contributed by atoms with Gasteiger partial charge in [0.1, 0.15) is 4.70 Å². The summed E-state index contributed by atoms with van der Waals surface area (Å²) in [5, 5.41) is 0.965. The minimum atomic E-state index is -4.17. The van der Waals surface area contributed by atoms with E-state index in [-0.39, 0.29) is 12.3 Å². The number of thiazole rings is 1. The molecule has 3 aromatic rings. The fraction of sp³-hybridized carbons (Fsp3) is 0.370. The van der Waals surface area contributed by atoms with Crippen molar-refractivity contribution < 1.29 is 35.2 Å². The van der Waals surface area contributed by atoms with Gasteiger partial charge in [0.15, 0.2) is 12.3 Å². The standard InChI is InChI=1S/C27H32N2O7S3/c1-18-7-8-24-22(13-18)28(10-12-39(33,34)35)26(36-24)14-19(2)15-27-29(9-5-6-11-38(30,31)32)23-16-20(3)21(4)17-25(23)37-27/h7-8,13-17H,5-6,9-12H2,1-4H3,(H-,30,31,32,33,34,35)/p+1. The largest absolute Gasteiger partial charge is 0.439 e. The van der Waals surface area contributed by atoms with E-state index in [0.29, 0.717) is 31.0 Å². The first kappa shape index (κ1) is 29.2. The van der Waals surface area contributed by atoms with Crippen LogP contribution in [0.5, 0.6) is 5.75 Å². The van der Waals surface area contributed by atoms with E-state index < -0.39 is 26.0 Å². The fourth-order valence-electron chi connectivity index (χ4n) is 4.43. The van der Waals surface area contributed by atoms with Crippen LogP contribution in [0.1, 0.15) is 41.5 Å². The van der Waals surface area contributed by atoms with Crippen LogP contribution in [0.25, 0.3) is 16.3 Å². The number of hydrogen-bond donors (Lipinski definition) is 2. The molecule has 9 nitrogen and oxygen atoms in total. The van der Waals surface area contributed by atoms with Gasteiger partial charge in [0.05, 0.1) is 17.2 Å². The molecule has 0 aliphatic carbocycles. The number of nitrogens with zero attached hydrogens (tertiary/aromatic N) is 2. The first-order valence-corrected chi connectivity index (χ1v) is 16.5. The number of rotatable bonds is 10. The molecule has 2 aromatic carbocycles. The minimum absolute atomic E-state index is 0.0314. The molecule has 0 saturated carbocycles. The van der Waals surface area contributed by atoms with Gasteiger partial charge in [-0.25, -0.2) is 0 Å². The summed E-state index contributed by atoms with van der Waals surface area (Å²) in [6.45, 7) is 8.59. The summed E-state index contributed by atoms with van der Waals surface area (Å²) in [5.74, 6) is 0.348. The molecule has 4 rings (SSSR count). The molecule has 2 N–H and O–H groups in total. The van der Waals surface area contributed by atoms with Crippen molar-refractivity contribution in [2.45, 2.75) is 47.1 Å². The topological polar surface area (TPSA) is 125 Å². The molecule has 0 bridgehead atoms. The fourth-order valence-corrected chi connectivity index (χ4v) is 6.69. The quantitative estimate of drug-likeness (QED) is 0.195. The van der Waals surface area contributed by atoms with Crippen LogP contribution in [-0.4, -0.2) is 44.0 Å². The predicted octanol–water partition coefficient (Wildman–Crippen LogP) is 4.81. The molecule has 0 spiro atoms. The van der Waals surface area contributed by atoms with Crippen LogP contribution in [0.4, 0.5) is 5.69 Å². The summed E-state index contributed by atoms with van der Waals surface area (Å²) in [6, 6.07) is 9.94. The van der Waals surface area contributed by atoms with Crippen LogP contribution in [0.15, 0.2) is 47.9 Å². The highest BCUT2D eigenvalue weighted by Crippen LogP contribution is 2.40. The van der Waals surface area contributed by atoms with Crippen molar-refractivity contribution in [3.05, 3.63) is 69.6 Å². The van der Waals surface area contributed by atoms with Crippen molar-refractivity contribution in [3.63, 3.8) is 0 Å². The summed E-state index contributed by atoms with van der Waals surface area (Å²) in [7, 11) is -8.17. The minimum Gasteiger partial charge on any atom is -0.439 e. The molecular weight excluding hydrogens is 561 g/mol. The molecule has 12 heteroatoms. The second-order valence-electron chi connectivity index (χ2n) is 9.87. The third kappa shape index (κ3) is 7.46. The molecule has 0 unspecified atom stereocenters. The molecule has 0 saturated heterocycles. The third-order valence-electron chi connectivity index (χ3n) is 6.54. The molecule has 0 amide bonds. The van der Waals surface area contributed by atoms with Crippen molar-refractivity contribution in [2.24, 2.45) is 0 Å². The van der Waals surface area contributed by atoms with Crippen molar-refractivity contribution >= 4 is 53.6 Å². The van der Waals surface area contributed by atoms with Crippen LogP contribution >= 0.6 is 11.3 Å². The number of fused-ring (bicyclic) bond motifs is 2. The third-order valence-corrected chi connectivity index (χ3v) is 9.14. The monoisotopic (exact) mass is 593 g/mol. The van der Waals surface area contributed by atoms with E-state index in [1.165, 1.54) is 5.56 Å². The maximum absolute atomic E-state index is 11.5. The highest BCUT2D eigenvalue weighted by molar-refractivity contribution is 7.86. The maximum Gasteiger partial charge on any atom is 0.266 e. The smallest absolute Gasteiger partial charge is 0.266 e. The Labute approximate surface area is 233 Å². The SMILES string of the molecule is CC(/C=C1\Oc2ccc(C)cc2N1CCS(=O)(=O)O)=C\c1sc2cc(C)c(C)cc2[n+]1CCCCS(=O)(=O)O. The van der Waals surface area contributed by atoms with Crippen molar-refractivity contribution in [1.82, 2.24) is 0 Å². The summed E-state index contributed by atoms with van der Waals surface area (Å²) >= 11 is 1.62. The van der Waals surface area contributed by atoms with Crippen LogP contribution in [-0.2, 0) is 26.8 Å². The predicted molar refractivity (Wildman–Crippen MR) is 154 cm³/mol. The zero-order valence-corrected chi connectivity index (χ0v) is 24.8. The zero-order valence-electron chi connectivity index (χ0n) is 22.3. The Hall–Kier alpha value is -2.77. The van der Waals surface area contributed by atoms with Crippen molar-refractivity contribution in [1.29, 1.82) is 0 Å². The van der Waals surface area contributed by atoms with Gasteiger partial charge in [-0.15, -0.1) is 0 Å². The average Bonchev–Trinajstić information content (AvgIpc) is 3.30. The highest BCUT2D eigenvalue weighted by Gasteiger charge is 2.28. The van der Waals surface area contributed by atoms with Gasteiger partial charge in [-0.3, -0.25) is 9.11 Å². The highest BCUT2D eigenvalue weighted by atomic mass is 32.2. The number of aromatic nitrogens is 1. The molecule has 210 valence electrons. The second-order valence-corrected chi connectivity index (χ2v) is 14.1. The van der Waals surface area contributed by atoms with Crippen molar-refractivity contribution in [3.8, 4) is 5.75 Å². The van der Waals surface area contributed by atoms with E-state index in [1.54, 1.807) is 16.2 Å². The van der Waals surface area contributed by atoms with Gasteiger partial charge in [-0.2, -0.15) is 21.4 Å². The summed E-state index contributed by atoms with van der Waals surface area (Å²) in [6.07, 6.45) is 4.77. The van der Waals surface area contributed by atoms with E-state index in [2.05, 4.69) is 30.5 Å². The number of allylic oxidation sites excluding steroid dienone is 2. The number of benzene rings is 2. The van der Waals surface area contributed by atoms with Crippen LogP contribution in [0.2, 0.25) is 0 Å². The number of hydrogen-bond acceptors (Lipinski definition) is 7. The molecular formula is C27H33N2O7S3+. The van der Waals surface area contributed by atoms with Crippen LogP contribution in [0, 0.1) is 20.8 Å². The summed E-state index contributed by atoms with van der Waals surface area (Å²) in [5.41, 5.74) is 5.98. The van der Waals surface area contributed by atoms with Crippen LogP contribution in [0.3, 0.4) is 0 Å². The van der Waals surface area contributed by atoms with Gasteiger partial charge >= 0.3 is 0 Å². The first-order valence-electron chi connectivity index (χ1n) is 12.5. The van der Waals surface area contributed by atoms with Gasteiger partial charge in [0.25, 0.3) is 25.2 Å². The van der Waals surface area contributed by atoms with Gasteiger partial charge in [-0.1, -0.05) is 17.4 Å². The van der Waals surface area contributed by atoms with Crippen molar-refractivity contribution in [2.75, 3.05) is 23.0 Å². The molecule has 2 heterocycles. The zero-order chi connectivity index (χ0) is 28.5. The van der Waals surface area contributed by atoms with E-state index >= 15 is 0 Å². The lowest BCUT2D eigenvalue weighted by atomic mass is 10.1. The number of aryl methyl sites for hydroxylation is 4. The Morgan fingerprint density at radius 2 is 1.69 bits per heavy atom. The average molecular weight is 594 g/mol. The van der Waals surface area contributed by atoms with Gasteiger partial charge in [0.2, 0.25) is 11.4 Å². The lowest BCUT2D eigenvalue weighted by Crippen LogP contribution is -2.35. The van der Waals surface area contributed by atoms with E-state index in [0.717, 1.165) is 37.6 Å². The normalized spacial score (nSPS) is 15.3. The molecule has 0 fully saturated rings. The Balaban J connectivity index is 1.69. The van der Waals surface area contributed by atoms with E-state index in [1.807, 2.05) is 44.2 Å². The number of ether oxygens (including phenoxy) is 1. The number of anilines is 1. The van der Waals surface area contributed by atoms with Crippen LogP contribution < -0.4 is 14.2 Å². The molecule has 0 radical (unpaired) electrons. The Kier molecular flexibility index (Phi) is 8.52. The lowest BCUT2D eigenvalue weighted by Gasteiger charge is -2.17. The Morgan fingerprint density at radius 3 is 2.38 bits per heavy atom. The lowest BCUT2D eigenvalue weighted by molar-refractivity contribution is -0.669. The maximum atomic E-state index is 11.5. The summed E-state index contributed by atoms with van der Waals surface area (Å²) < 4.78 is 73.1. The first-order chi connectivity index (χ1) is 18.2. The van der Waals surface area contributed by atoms with E-state index in [4.69, 9.17) is 9.29 Å². The molecule has 0 atom stereocenters. The molecule has 39 heavy (non-hydrogen) atoms. The van der Waals surface area contributed by atoms with Gasteiger partial charge in [0, 0.05) is 31.2 Å². The van der Waals surface area contributed by atoms with Gasteiger partial charge < -0.3 is 9.64 Å². The number of unbranched alkanes of at least 4 members (excludes halogenated alkanes) is 1. The second kappa shape index (κ2) is 11.4.